The smallest absolute Gasteiger partial charge is 0.312 e. The van der Waals surface area contributed by atoms with Crippen molar-refractivity contribution in [1.29, 1.82) is 0 Å². The summed E-state index contributed by atoms with van der Waals surface area (Å²) in [6.45, 7) is -0.0704. The summed E-state index contributed by atoms with van der Waals surface area (Å²) >= 11 is 0. The third-order valence-electron chi connectivity index (χ3n) is 2.87. The molecule has 3 N–H and O–H groups in total. The minimum atomic E-state index is -1.03. The maximum absolute atomic E-state index is 11.8. The highest BCUT2D eigenvalue weighted by atomic mass is 16.4. The Morgan fingerprint density at radius 3 is 2.57 bits per heavy atom. The molecule has 1 amide bonds. The normalized spacial score (nSPS) is 11.6. The zero-order valence-corrected chi connectivity index (χ0v) is 10.9. The molecule has 0 aliphatic carbocycles. The largest absolute Gasteiger partial charge is 0.481 e. The van der Waals surface area contributed by atoms with Crippen molar-refractivity contribution in [1.82, 2.24) is 15.3 Å². The van der Waals surface area contributed by atoms with E-state index >= 15 is 0 Å². The van der Waals surface area contributed by atoms with Gasteiger partial charge in [-0.05, 0) is 5.56 Å². The Balaban J connectivity index is 2.06. The van der Waals surface area contributed by atoms with Crippen LogP contribution < -0.4 is 10.9 Å². The van der Waals surface area contributed by atoms with Gasteiger partial charge < -0.3 is 15.4 Å². The number of carbonyl (C=O) groups excluding carboxylic acids is 1. The number of nitrogens with zero attached hydrogens (tertiary/aromatic N) is 1. The highest BCUT2D eigenvalue weighted by Gasteiger charge is 2.20. The van der Waals surface area contributed by atoms with Gasteiger partial charge in [-0.3, -0.25) is 14.4 Å². The molecule has 0 spiro atoms. The zero-order chi connectivity index (χ0) is 15.2. The molecule has 2 aromatic rings. The van der Waals surface area contributed by atoms with Crippen molar-refractivity contribution in [3.63, 3.8) is 0 Å². The number of aliphatic carboxylic acids is 1. The summed E-state index contributed by atoms with van der Waals surface area (Å²) in [5, 5.41) is 11.7. The molecule has 7 heteroatoms. The fourth-order valence-electron chi connectivity index (χ4n) is 1.78. The first-order valence-corrected chi connectivity index (χ1v) is 6.18. The number of carboxylic acid groups (broad SMARTS) is 1. The maximum Gasteiger partial charge on any atom is 0.312 e. The van der Waals surface area contributed by atoms with Gasteiger partial charge in [0.15, 0.2) is 0 Å². The monoisotopic (exact) mass is 287 g/mol. The van der Waals surface area contributed by atoms with Crippen molar-refractivity contribution in [2.45, 2.75) is 5.92 Å². The van der Waals surface area contributed by atoms with Crippen LogP contribution in [0.3, 0.4) is 0 Å². The number of carboxylic acids is 1. The van der Waals surface area contributed by atoms with Crippen LogP contribution in [0.1, 0.15) is 22.0 Å². The Morgan fingerprint density at radius 2 is 2.00 bits per heavy atom. The molecular weight excluding hydrogens is 274 g/mol. The summed E-state index contributed by atoms with van der Waals surface area (Å²) in [6, 6.07) is 8.62. The van der Waals surface area contributed by atoms with Crippen molar-refractivity contribution in [2.24, 2.45) is 0 Å². The van der Waals surface area contributed by atoms with E-state index in [9.17, 15) is 19.5 Å². The van der Waals surface area contributed by atoms with Crippen molar-refractivity contribution < 1.29 is 14.7 Å². The van der Waals surface area contributed by atoms with Crippen molar-refractivity contribution in [3.8, 4) is 0 Å². The molecule has 0 saturated carbocycles. The average Bonchev–Trinajstić information content (AvgIpc) is 2.48. The van der Waals surface area contributed by atoms with Gasteiger partial charge >= 0.3 is 5.97 Å². The first-order chi connectivity index (χ1) is 10.1. The third-order valence-corrected chi connectivity index (χ3v) is 2.87. The topological polar surface area (TPSA) is 112 Å². The summed E-state index contributed by atoms with van der Waals surface area (Å²) in [4.78, 5) is 40.0. The second-order valence-electron chi connectivity index (χ2n) is 4.31. The second kappa shape index (κ2) is 6.47. The molecule has 0 aliphatic heterocycles. The fourth-order valence-corrected chi connectivity index (χ4v) is 1.78. The fraction of sp³-hybridized carbons (Fsp3) is 0.143. The number of hydrogen-bond acceptors (Lipinski definition) is 4. The number of amides is 1. The van der Waals surface area contributed by atoms with Gasteiger partial charge in [-0.2, -0.15) is 0 Å². The summed E-state index contributed by atoms with van der Waals surface area (Å²) < 4.78 is 0. The number of nitrogens with one attached hydrogen (secondary N) is 2. The van der Waals surface area contributed by atoms with Gasteiger partial charge in [-0.25, -0.2) is 4.98 Å². The molecule has 0 radical (unpaired) electrons. The molecule has 2 rings (SSSR count). The van der Waals surface area contributed by atoms with E-state index < -0.39 is 23.4 Å². The van der Waals surface area contributed by atoms with Gasteiger partial charge in [0.2, 0.25) is 0 Å². The first kappa shape index (κ1) is 14.4. The quantitative estimate of drug-likeness (QED) is 0.735. The highest BCUT2D eigenvalue weighted by Crippen LogP contribution is 2.14. The molecular formula is C14H13N3O4. The molecule has 0 saturated heterocycles. The van der Waals surface area contributed by atoms with E-state index in [0.29, 0.717) is 5.56 Å². The van der Waals surface area contributed by atoms with Crippen LogP contribution in [0.25, 0.3) is 0 Å². The van der Waals surface area contributed by atoms with E-state index in [-0.39, 0.29) is 12.2 Å². The number of benzene rings is 1. The van der Waals surface area contributed by atoms with Crippen LogP contribution in [0.4, 0.5) is 0 Å². The van der Waals surface area contributed by atoms with Gasteiger partial charge in [-0.15, -0.1) is 0 Å². The Hall–Kier alpha value is -2.96. The number of rotatable bonds is 5. The zero-order valence-electron chi connectivity index (χ0n) is 10.9. The molecule has 21 heavy (non-hydrogen) atoms. The summed E-state index contributed by atoms with van der Waals surface area (Å²) in [6.07, 6.45) is 2.16. The second-order valence-corrected chi connectivity index (χ2v) is 4.31. The number of aromatic nitrogens is 2. The molecule has 1 heterocycles. The number of carbonyl (C=O) groups is 2. The van der Waals surface area contributed by atoms with Crippen LogP contribution in [-0.2, 0) is 4.79 Å². The SMILES string of the molecule is O=C(NCC(C(=O)O)c1ccccc1)c1c[nH]c(=O)cn1. The molecule has 108 valence electrons. The van der Waals surface area contributed by atoms with Crippen LogP contribution in [0.15, 0.2) is 47.5 Å². The molecule has 1 aromatic carbocycles. The van der Waals surface area contributed by atoms with Crippen molar-refractivity contribution >= 4 is 11.9 Å². The lowest BCUT2D eigenvalue weighted by Crippen LogP contribution is -2.32. The van der Waals surface area contributed by atoms with Crippen LogP contribution in [0.5, 0.6) is 0 Å². The first-order valence-electron chi connectivity index (χ1n) is 6.18. The van der Waals surface area contributed by atoms with Crippen molar-refractivity contribution in [3.05, 3.63) is 64.3 Å². The van der Waals surface area contributed by atoms with Gasteiger partial charge in [0.25, 0.3) is 11.5 Å². The molecule has 1 unspecified atom stereocenters. The average molecular weight is 287 g/mol. The van der Waals surface area contributed by atoms with Crippen LogP contribution in [0, 0.1) is 0 Å². The Kier molecular flexibility index (Phi) is 4.45. The molecule has 0 bridgehead atoms. The predicted molar refractivity (Wildman–Crippen MR) is 74.0 cm³/mol. The van der Waals surface area contributed by atoms with Gasteiger partial charge in [0.1, 0.15) is 5.69 Å². The van der Waals surface area contributed by atoms with Crippen LogP contribution >= 0.6 is 0 Å². The number of aromatic amines is 1. The van der Waals surface area contributed by atoms with Crippen LogP contribution in [-0.4, -0.2) is 33.5 Å². The Morgan fingerprint density at radius 1 is 1.29 bits per heavy atom. The third kappa shape index (κ3) is 3.75. The van der Waals surface area contributed by atoms with Gasteiger partial charge in [0, 0.05) is 12.7 Å². The Labute approximate surface area is 119 Å². The van der Waals surface area contributed by atoms with Gasteiger partial charge in [0.05, 0.1) is 12.1 Å². The van der Waals surface area contributed by atoms with Crippen molar-refractivity contribution in [2.75, 3.05) is 6.54 Å². The van der Waals surface area contributed by atoms with E-state index in [0.717, 1.165) is 6.20 Å². The van der Waals surface area contributed by atoms with Crippen LogP contribution in [0.2, 0.25) is 0 Å². The molecule has 7 nitrogen and oxygen atoms in total. The van der Waals surface area contributed by atoms with E-state index in [1.165, 1.54) is 6.20 Å². The number of hydrogen-bond donors (Lipinski definition) is 3. The summed E-state index contributed by atoms with van der Waals surface area (Å²) in [7, 11) is 0. The summed E-state index contributed by atoms with van der Waals surface area (Å²) in [5.74, 6) is -2.43. The standard InChI is InChI=1S/C14H13N3O4/c18-12-8-15-11(7-16-12)13(19)17-6-10(14(20)21)9-4-2-1-3-5-9/h1-5,7-8,10H,6H2,(H,16,18)(H,17,19)(H,20,21). The number of H-pyrrole nitrogens is 1. The van der Waals surface area contributed by atoms with E-state index in [4.69, 9.17) is 0 Å². The lowest BCUT2D eigenvalue weighted by atomic mass is 9.99. The lowest BCUT2D eigenvalue weighted by Gasteiger charge is -2.13. The van der Waals surface area contributed by atoms with E-state index in [1.807, 2.05) is 0 Å². The molecule has 1 aromatic heterocycles. The molecule has 0 fully saturated rings. The maximum atomic E-state index is 11.8. The minimum absolute atomic E-state index is 0.0202. The predicted octanol–water partition coefficient (Wildman–Crippen LogP) is 0.368. The van der Waals surface area contributed by atoms with E-state index in [1.54, 1.807) is 30.3 Å². The van der Waals surface area contributed by atoms with Gasteiger partial charge in [-0.1, -0.05) is 30.3 Å². The summed E-state index contributed by atoms with van der Waals surface area (Å²) in [5.41, 5.74) is 0.200. The van der Waals surface area contributed by atoms with E-state index in [2.05, 4.69) is 15.3 Å². The minimum Gasteiger partial charge on any atom is -0.481 e. The molecule has 1 atom stereocenters. The highest BCUT2D eigenvalue weighted by molar-refractivity contribution is 5.92. The molecule has 0 aliphatic rings. The Bertz CT molecular complexity index is 676. The lowest BCUT2D eigenvalue weighted by molar-refractivity contribution is -0.138.